The molecule has 0 saturated carbocycles. The van der Waals surface area contributed by atoms with E-state index in [1.807, 2.05) is 66.7 Å². The van der Waals surface area contributed by atoms with Crippen molar-refractivity contribution in [1.82, 2.24) is 0 Å². The lowest BCUT2D eigenvalue weighted by molar-refractivity contribution is -0.120. The Kier molecular flexibility index (Phi) is 9.46. The molecule has 0 aliphatic carbocycles. The highest BCUT2D eigenvalue weighted by Gasteiger charge is 2.23. The van der Waals surface area contributed by atoms with Gasteiger partial charge in [0, 0.05) is 34.5 Å². The third-order valence-corrected chi connectivity index (χ3v) is 7.84. The van der Waals surface area contributed by atoms with Gasteiger partial charge in [-0.1, -0.05) is 63.2 Å². The minimum atomic E-state index is -4.08. The first-order valence-electron chi connectivity index (χ1n) is 13.8. The highest BCUT2D eigenvalue weighted by Crippen LogP contribution is 2.30. The Morgan fingerprint density at radius 1 is 0.951 bits per heavy atom. The van der Waals surface area contributed by atoms with E-state index in [1.165, 1.54) is 0 Å². The van der Waals surface area contributed by atoms with Crippen LogP contribution in [-0.4, -0.2) is 30.4 Å². The molecule has 1 heterocycles. The number of hydrogen-bond donors (Lipinski definition) is 2. The summed E-state index contributed by atoms with van der Waals surface area (Å²) in [7, 11) is -4.08. The molecule has 216 valence electrons. The summed E-state index contributed by atoms with van der Waals surface area (Å²) in [6, 6.07) is 24.6. The van der Waals surface area contributed by atoms with Gasteiger partial charge >= 0.3 is 0 Å². The fraction of sp³-hybridized carbons (Fsp3) is 0.333. The summed E-state index contributed by atoms with van der Waals surface area (Å²) >= 11 is 0. The Labute approximate surface area is 241 Å². The van der Waals surface area contributed by atoms with E-state index < -0.39 is 15.9 Å². The van der Waals surface area contributed by atoms with Crippen molar-refractivity contribution < 1.29 is 27.0 Å². The van der Waals surface area contributed by atoms with Crippen LogP contribution in [0.4, 0.5) is 5.69 Å². The summed E-state index contributed by atoms with van der Waals surface area (Å²) in [4.78, 5) is 25.8. The number of fused-ring (bicyclic) bond motifs is 1. The SMILES string of the molecule is CC(C)(C)CCC(Cc1ccc(C(=O)CCCS(=O)(=O)O)cc1)C(=O)Nc1ccc(-c2cc3ccccc3o2)cc1. The lowest BCUT2D eigenvalue weighted by Gasteiger charge is -2.23. The third kappa shape index (κ3) is 9.13. The number of carbonyl (C=O) groups excluding carboxylic acids is 2. The molecule has 1 amide bonds. The Morgan fingerprint density at radius 3 is 2.27 bits per heavy atom. The van der Waals surface area contributed by atoms with E-state index in [1.54, 1.807) is 12.1 Å². The number of para-hydroxylation sites is 1. The van der Waals surface area contributed by atoms with Crippen LogP contribution in [0, 0.1) is 11.3 Å². The van der Waals surface area contributed by atoms with E-state index in [0.29, 0.717) is 24.1 Å². The summed E-state index contributed by atoms with van der Waals surface area (Å²) in [6.07, 6.45) is 2.21. The zero-order chi connectivity index (χ0) is 29.6. The monoisotopic (exact) mass is 575 g/mol. The van der Waals surface area contributed by atoms with Crippen LogP contribution >= 0.6 is 0 Å². The lowest BCUT2D eigenvalue weighted by Crippen LogP contribution is -2.26. The molecule has 0 bridgehead atoms. The van der Waals surface area contributed by atoms with Gasteiger partial charge in [0.15, 0.2) is 5.78 Å². The zero-order valence-electron chi connectivity index (χ0n) is 23.7. The Bertz CT molecular complexity index is 1560. The molecule has 2 N–H and O–H groups in total. The summed E-state index contributed by atoms with van der Waals surface area (Å²) in [5, 5.41) is 4.11. The van der Waals surface area contributed by atoms with Gasteiger partial charge in [-0.15, -0.1) is 0 Å². The minimum absolute atomic E-state index is 0.0326. The van der Waals surface area contributed by atoms with Crippen LogP contribution < -0.4 is 5.32 Å². The first-order chi connectivity index (χ1) is 19.4. The van der Waals surface area contributed by atoms with Gasteiger partial charge in [0.05, 0.1) is 5.75 Å². The predicted molar refractivity (Wildman–Crippen MR) is 163 cm³/mol. The maximum Gasteiger partial charge on any atom is 0.264 e. The number of benzene rings is 3. The maximum atomic E-state index is 13.4. The van der Waals surface area contributed by atoms with E-state index in [4.69, 9.17) is 8.97 Å². The van der Waals surface area contributed by atoms with Crippen molar-refractivity contribution in [3.63, 3.8) is 0 Å². The number of Topliss-reactive ketones (excluding diaryl/α,β-unsaturated/α-hetero) is 1. The molecular formula is C33H37NO6S. The molecule has 7 nitrogen and oxygen atoms in total. The molecule has 1 atom stereocenters. The standard InChI is InChI=1S/C33H37NO6S/c1-33(2,3)19-18-27(21-23-10-12-24(13-11-23)29(35)8-6-20-41(37,38)39)32(36)34-28-16-14-25(15-17-28)31-22-26-7-4-5-9-30(26)40-31/h4-5,7,9-17,22,27H,6,8,18-21H2,1-3H3,(H,34,36)(H,37,38,39). The average molecular weight is 576 g/mol. The third-order valence-electron chi connectivity index (χ3n) is 7.04. The molecule has 41 heavy (non-hydrogen) atoms. The van der Waals surface area contributed by atoms with Crippen LogP contribution in [-0.2, 0) is 21.3 Å². The van der Waals surface area contributed by atoms with Crippen molar-refractivity contribution >= 4 is 38.5 Å². The number of nitrogens with one attached hydrogen (secondary N) is 1. The Balaban J connectivity index is 1.41. The van der Waals surface area contributed by atoms with E-state index in [9.17, 15) is 18.0 Å². The van der Waals surface area contributed by atoms with Gasteiger partial charge in [-0.3, -0.25) is 14.1 Å². The molecule has 0 radical (unpaired) electrons. The number of carbonyl (C=O) groups is 2. The summed E-state index contributed by atoms with van der Waals surface area (Å²) < 4.78 is 36.6. The summed E-state index contributed by atoms with van der Waals surface area (Å²) in [6.45, 7) is 6.46. The van der Waals surface area contributed by atoms with Crippen molar-refractivity contribution in [3.8, 4) is 11.3 Å². The van der Waals surface area contributed by atoms with Gasteiger partial charge in [0.2, 0.25) is 5.91 Å². The molecule has 1 aromatic heterocycles. The topological polar surface area (TPSA) is 114 Å². The van der Waals surface area contributed by atoms with E-state index in [0.717, 1.165) is 34.3 Å². The Hall–Kier alpha value is -3.75. The second-order valence-electron chi connectivity index (χ2n) is 11.7. The normalized spacial score (nSPS) is 12.8. The highest BCUT2D eigenvalue weighted by molar-refractivity contribution is 7.85. The second kappa shape index (κ2) is 12.8. The van der Waals surface area contributed by atoms with Crippen LogP contribution in [0.1, 0.15) is 62.4 Å². The number of rotatable bonds is 12. The van der Waals surface area contributed by atoms with E-state index in [-0.39, 0.29) is 35.9 Å². The first-order valence-corrected chi connectivity index (χ1v) is 15.4. The molecule has 0 saturated heterocycles. The van der Waals surface area contributed by atoms with Gasteiger partial charge in [-0.25, -0.2) is 0 Å². The van der Waals surface area contributed by atoms with Gasteiger partial charge in [0.25, 0.3) is 10.1 Å². The second-order valence-corrected chi connectivity index (χ2v) is 13.3. The van der Waals surface area contributed by atoms with Gasteiger partial charge < -0.3 is 9.73 Å². The smallest absolute Gasteiger partial charge is 0.264 e. The number of hydrogen-bond acceptors (Lipinski definition) is 5. The summed E-state index contributed by atoms with van der Waals surface area (Å²) in [5.74, 6) is -0.179. The summed E-state index contributed by atoms with van der Waals surface area (Å²) in [5.41, 5.74) is 3.96. The molecular weight excluding hydrogens is 538 g/mol. The quantitative estimate of drug-likeness (QED) is 0.133. The molecule has 0 aliphatic heterocycles. The first kappa shape index (κ1) is 30.2. The lowest BCUT2D eigenvalue weighted by atomic mass is 9.84. The fourth-order valence-electron chi connectivity index (χ4n) is 4.69. The molecule has 0 spiro atoms. The molecule has 4 aromatic rings. The van der Waals surface area contributed by atoms with Crippen LogP contribution in [0.25, 0.3) is 22.3 Å². The molecule has 0 fully saturated rings. The van der Waals surface area contributed by atoms with Crippen molar-refractivity contribution in [2.45, 2.75) is 52.9 Å². The number of ketones is 1. The van der Waals surface area contributed by atoms with Crippen molar-refractivity contribution in [3.05, 3.63) is 90.0 Å². The minimum Gasteiger partial charge on any atom is -0.456 e. The van der Waals surface area contributed by atoms with Crippen LogP contribution in [0.2, 0.25) is 0 Å². The molecule has 3 aromatic carbocycles. The van der Waals surface area contributed by atoms with Gasteiger partial charge in [0.1, 0.15) is 11.3 Å². The fourth-order valence-corrected chi connectivity index (χ4v) is 5.20. The number of anilines is 1. The van der Waals surface area contributed by atoms with Crippen LogP contribution in [0.15, 0.2) is 83.3 Å². The molecule has 4 rings (SSSR count). The van der Waals surface area contributed by atoms with Gasteiger partial charge in [-0.05, 0) is 73.1 Å². The maximum absolute atomic E-state index is 13.4. The van der Waals surface area contributed by atoms with Crippen LogP contribution in [0.3, 0.4) is 0 Å². The average Bonchev–Trinajstić information content (AvgIpc) is 3.35. The van der Waals surface area contributed by atoms with Crippen LogP contribution in [0.5, 0.6) is 0 Å². The predicted octanol–water partition coefficient (Wildman–Crippen LogP) is 7.57. The molecule has 1 unspecified atom stereocenters. The van der Waals surface area contributed by atoms with Gasteiger partial charge in [-0.2, -0.15) is 8.42 Å². The molecule has 0 aliphatic rings. The van der Waals surface area contributed by atoms with Crippen molar-refractivity contribution in [2.75, 3.05) is 11.1 Å². The largest absolute Gasteiger partial charge is 0.456 e. The number of furan rings is 1. The molecule has 8 heteroatoms. The van der Waals surface area contributed by atoms with Crippen molar-refractivity contribution in [1.29, 1.82) is 0 Å². The highest BCUT2D eigenvalue weighted by atomic mass is 32.2. The zero-order valence-corrected chi connectivity index (χ0v) is 24.5. The Morgan fingerprint density at radius 2 is 1.63 bits per heavy atom. The van der Waals surface area contributed by atoms with E-state index >= 15 is 0 Å². The number of amides is 1. The van der Waals surface area contributed by atoms with E-state index in [2.05, 4.69) is 26.1 Å². The van der Waals surface area contributed by atoms with Crippen molar-refractivity contribution in [2.24, 2.45) is 11.3 Å².